The second-order valence-corrected chi connectivity index (χ2v) is 5.91. The van der Waals surface area contributed by atoms with Crippen LogP contribution in [0.1, 0.15) is 29.1 Å². The van der Waals surface area contributed by atoms with Gasteiger partial charge in [0.15, 0.2) is 10.4 Å². The third-order valence-corrected chi connectivity index (χ3v) is 4.17. The first kappa shape index (κ1) is 15.5. The van der Waals surface area contributed by atoms with Gasteiger partial charge >= 0.3 is 0 Å². The Hall–Kier alpha value is -2.41. The van der Waals surface area contributed by atoms with Crippen LogP contribution < -0.4 is 0 Å². The van der Waals surface area contributed by atoms with Crippen molar-refractivity contribution in [2.24, 2.45) is 0 Å². The summed E-state index contributed by atoms with van der Waals surface area (Å²) in [6.45, 7) is 1.97. The van der Waals surface area contributed by atoms with Crippen molar-refractivity contribution in [1.29, 1.82) is 0 Å². The Morgan fingerprint density at radius 2 is 2.00 bits per heavy atom. The maximum Gasteiger partial charge on any atom is 0.289 e. The van der Waals surface area contributed by atoms with E-state index in [1.165, 1.54) is 6.33 Å². The number of carbonyl (C=O) groups excluding carboxylic acids is 1. The predicted octanol–water partition coefficient (Wildman–Crippen LogP) is 3.46. The van der Waals surface area contributed by atoms with Gasteiger partial charge in [-0.1, -0.05) is 12.1 Å². The maximum atomic E-state index is 12.4. The monoisotopic (exact) mass is 374 g/mol. The molecule has 3 aromatic rings. The van der Waals surface area contributed by atoms with Gasteiger partial charge in [0.05, 0.1) is 11.7 Å². The Kier molecular flexibility index (Phi) is 4.29. The van der Waals surface area contributed by atoms with E-state index in [4.69, 9.17) is 4.42 Å². The van der Waals surface area contributed by atoms with Crippen molar-refractivity contribution in [2.45, 2.75) is 13.0 Å². The first-order chi connectivity index (χ1) is 11.1. The van der Waals surface area contributed by atoms with Crippen molar-refractivity contribution < 1.29 is 9.21 Å². The fraction of sp³-hybridized carbons (Fsp3) is 0.188. The zero-order chi connectivity index (χ0) is 16.4. The lowest BCUT2D eigenvalue weighted by Gasteiger charge is -2.24. The number of benzene rings is 1. The van der Waals surface area contributed by atoms with Gasteiger partial charge in [0.1, 0.15) is 12.7 Å². The number of rotatable bonds is 4. The highest BCUT2D eigenvalue weighted by atomic mass is 79.9. The highest BCUT2D eigenvalue weighted by Crippen LogP contribution is 2.23. The van der Waals surface area contributed by atoms with E-state index in [1.807, 2.05) is 31.2 Å². The average Bonchev–Trinajstić information content (AvgIpc) is 3.24. The third-order valence-electron chi connectivity index (χ3n) is 3.74. The number of hydrogen-bond acceptors (Lipinski definition) is 4. The minimum Gasteiger partial charge on any atom is -0.444 e. The van der Waals surface area contributed by atoms with Crippen molar-refractivity contribution in [1.82, 2.24) is 19.7 Å². The first-order valence-corrected chi connectivity index (χ1v) is 7.83. The van der Waals surface area contributed by atoms with Gasteiger partial charge in [0.25, 0.3) is 5.91 Å². The van der Waals surface area contributed by atoms with Crippen LogP contribution in [0.15, 0.2) is 58.1 Å². The molecule has 0 saturated carbocycles. The van der Waals surface area contributed by atoms with Gasteiger partial charge in [-0.25, -0.2) is 9.67 Å². The smallest absolute Gasteiger partial charge is 0.289 e. The van der Waals surface area contributed by atoms with Crippen molar-refractivity contribution in [3.05, 3.63) is 65.0 Å². The molecule has 0 bridgehead atoms. The molecule has 0 fully saturated rings. The largest absolute Gasteiger partial charge is 0.444 e. The summed E-state index contributed by atoms with van der Waals surface area (Å²) in [5.41, 5.74) is 1.94. The average molecular weight is 375 g/mol. The van der Waals surface area contributed by atoms with E-state index in [0.29, 0.717) is 10.4 Å². The molecule has 0 N–H and O–H groups in total. The van der Waals surface area contributed by atoms with Gasteiger partial charge in [-0.15, -0.1) is 0 Å². The third kappa shape index (κ3) is 3.19. The molecule has 1 atom stereocenters. The molecular formula is C16H15BrN4O2. The molecule has 2 aromatic heterocycles. The van der Waals surface area contributed by atoms with Crippen LogP contribution in [0.4, 0.5) is 0 Å². The van der Waals surface area contributed by atoms with Gasteiger partial charge in [-0.3, -0.25) is 4.79 Å². The maximum absolute atomic E-state index is 12.4. The predicted molar refractivity (Wildman–Crippen MR) is 88.3 cm³/mol. The Bertz CT molecular complexity index is 796. The summed E-state index contributed by atoms with van der Waals surface area (Å²) >= 11 is 3.21. The summed E-state index contributed by atoms with van der Waals surface area (Å²) < 4.78 is 7.55. The summed E-state index contributed by atoms with van der Waals surface area (Å²) in [6, 6.07) is 11.1. The van der Waals surface area contributed by atoms with Gasteiger partial charge in [0, 0.05) is 7.05 Å². The molecule has 6 nitrogen and oxygen atoms in total. The second-order valence-electron chi connectivity index (χ2n) is 5.13. The molecule has 23 heavy (non-hydrogen) atoms. The van der Waals surface area contributed by atoms with E-state index in [2.05, 4.69) is 26.0 Å². The number of hydrogen-bond donors (Lipinski definition) is 0. The Morgan fingerprint density at radius 3 is 2.57 bits per heavy atom. The van der Waals surface area contributed by atoms with Crippen molar-refractivity contribution in [2.75, 3.05) is 7.05 Å². The molecule has 2 heterocycles. The van der Waals surface area contributed by atoms with Crippen molar-refractivity contribution in [3.63, 3.8) is 0 Å². The number of halogens is 1. The molecule has 3 rings (SSSR count). The molecule has 118 valence electrons. The highest BCUT2D eigenvalue weighted by Gasteiger charge is 2.21. The number of amides is 1. The number of furan rings is 1. The quantitative estimate of drug-likeness (QED) is 0.701. The van der Waals surface area contributed by atoms with Crippen LogP contribution in [0.3, 0.4) is 0 Å². The minimum absolute atomic E-state index is 0.0869. The Morgan fingerprint density at radius 1 is 1.26 bits per heavy atom. The highest BCUT2D eigenvalue weighted by molar-refractivity contribution is 9.10. The fourth-order valence-electron chi connectivity index (χ4n) is 2.25. The van der Waals surface area contributed by atoms with Gasteiger partial charge in [0.2, 0.25) is 0 Å². The summed E-state index contributed by atoms with van der Waals surface area (Å²) in [5.74, 6) is 0.147. The van der Waals surface area contributed by atoms with E-state index in [1.54, 1.807) is 35.1 Å². The lowest BCUT2D eigenvalue weighted by molar-refractivity contribution is 0.0709. The Balaban J connectivity index is 1.77. The van der Waals surface area contributed by atoms with Crippen LogP contribution in [0.25, 0.3) is 5.69 Å². The fourth-order valence-corrected chi connectivity index (χ4v) is 2.56. The normalized spacial score (nSPS) is 12.1. The summed E-state index contributed by atoms with van der Waals surface area (Å²) in [5, 5.41) is 4.09. The van der Waals surface area contributed by atoms with E-state index in [-0.39, 0.29) is 11.9 Å². The molecule has 1 aromatic carbocycles. The number of carbonyl (C=O) groups is 1. The molecule has 1 amide bonds. The van der Waals surface area contributed by atoms with Crippen LogP contribution in [-0.2, 0) is 0 Å². The van der Waals surface area contributed by atoms with E-state index in [9.17, 15) is 4.79 Å². The van der Waals surface area contributed by atoms with Crippen LogP contribution >= 0.6 is 15.9 Å². The van der Waals surface area contributed by atoms with Gasteiger partial charge < -0.3 is 9.32 Å². The topological polar surface area (TPSA) is 64.2 Å². The van der Waals surface area contributed by atoms with Crippen molar-refractivity contribution >= 4 is 21.8 Å². The van der Waals surface area contributed by atoms with Crippen LogP contribution in [0, 0.1) is 0 Å². The Labute approximate surface area is 141 Å². The molecule has 1 unspecified atom stereocenters. The molecule has 0 aliphatic heterocycles. The van der Waals surface area contributed by atoms with E-state index >= 15 is 0 Å². The lowest BCUT2D eigenvalue weighted by Crippen LogP contribution is -2.29. The standard InChI is InChI=1S/C16H15BrN4O2/c1-11(20(2)16(22)14-7-8-15(17)23-14)12-3-5-13(6-4-12)21-10-18-9-19-21/h3-11H,1-2H3. The lowest BCUT2D eigenvalue weighted by atomic mass is 10.1. The minimum atomic E-state index is -0.163. The molecule has 0 saturated heterocycles. The van der Waals surface area contributed by atoms with Gasteiger partial charge in [-0.05, 0) is 52.7 Å². The molecule has 7 heteroatoms. The zero-order valence-corrected chi connectivity index (χ0v) is 14.3. The van der Waals surface area contributed by atoms with E-state index < -0.39 is 0 Å². The molecule has 0 radical (unpaired) electrons. The van der Waals surface area contributed by atoms with Crippen molar-refractivity contribution in [3.8, 4) is 5.69 Å². The van der Waals surface area contributed by atoms with Crippen LogP contribution in [0.2, 0.25) is 0 Å². The van der Waals surface area contributed by atoms with E-state index in [0.717, 1.165) is 11.3 Å². The van der Waals surface area contributed by atoms with Crippen LogP contribution in [-0.4, -0.2) is 32.6 Å². The zero-order valence-electron chi connectivity index (χ0n) is 12.7. The SMILES string of the molecule is CC(c1ccc(-n2cncn2)cc1)N(C)C(=O)c1ccc(Br)o1. The molecule has 0 aliphatic rings. The molecular weight excluding hydrogens is 360 g/mol. The molecule has 0 aliphatic carbocycles. The van der Waals surface area contributed by atoms with Gasteiger partial charge in [-0.2, -0.15) is 5.10 Å². The summed E-state index contributed by atoms with van der Waals surface area (Å²) in [6.07, 6.45) is 3.13. The number of aromatic nitrogens is 3. The molecule has 0 spiro atoms. The first-order valence-electron chi connectivity index (χ1n) is 7.03. The second kappa shape index (κ2) is 6.37. The van der Waals surface area contributed by atoms with Crippen LogP contribution in [0.5, 0.6) is 0 Å². The summed E-state index contributed by atoms with van der Waals surface area (Å²) in [7, 11) is 1.76. The number of nitrogens with zero attached hydrogens (tertiary/aromatic N) is 4. The summed E-state index contributed by atoms with van der Waals surface area (Å²) in [4.78, 5) is 18.0.